The van der Waals surface area contributed by atoms with Crippen LogP contribution in [0.25, 0.3) is 0 Å². The van der Waals surface area contributed by atoms with E-state index in [4.69, 9.17) is 4.74 Å². The van der Waals surface area contributed by atoms with Crippen molar-refractivity contribution in [1.82, 2.24) is 5.32 Å². The maximum Gasteiger partial charge on any atom is 0.127 e. The molecular formula is C17H25NO2S. The van der Waals surface area contributed by atoms with Crippen LogP contribution < -0.4 is 10.1 Å². The molecule has 0 aromatic heterocycles. The van der Waals surface area contributed by atoms with Crippen molar-refractivity contribution in [2.45, 2.75) is 50.9 Å². The molecule has 1 saturated heterocycles. The van der Waals surface area contributed by atoms with Gasteiger partial charge in [-0.15, -0.1) is 0 Å². The third-order valence-electron chi connectivity index (χ3n) is 4.37. The van der Waals surface area contributed by atoms with Gasteiger partial charge < -0.3 is 15.2 Å². The lowest BCUT2D eigenvalue weighted by Crippen LogP contribution is -2.43. The number of hydrogen-bond donors (Lipinski definition) is 2. The van der Waals surface area contributed by atoms with E-state index in [2.05, 4.69) is 37.4 Å². The Kier molecular flexibility index (Phi) is 4.21. The topological polar surface area (TPSA) is 41.5 Å². The Morgan fingerprint density at radius 1 is 1.29 bits per heavy atom. The number of ether oxygens (including phenoxy) is 1. The van der Waals surface area contributed by atoms with Crippen LogP contribution in [0.3, 0.4) is 0 Å². The predicted octanol–water partition coefficient (Wildman–Crippen LogP) is 2.75. The van der Waals surface area contributed by atoms with Crippen LogP contribution in [-0.2, 0) is 13.0 Å². The van der Waals surface area contributed by atoms with Crippen LogP contribution in [0.5, 0.6) is 5.75 Å². The second-order valence-corrected chi connectivity index (χ2v) is 8.11. The van der Waals surface area contributed by atoms with Gasteiger partial charge in [-0.25, -0.2) is 0 Å². The van der Waals surface area contributed by atoms with Crippen molar-refractivity contribution in [3.8, 4) is 5.75 Å². The van der Waals surface area contributed by atoms with Crippen molar-refractivity contribution >= 4 is 11.8 Å². The summed E-state index contributed by atoms with van der Waals surface area (Å²) in [6.45, 7) is 5.69. The Balaban J connectivity index is 1.61. The molecule has 1 aromatic carbocycles. The fourth-order valence-electron chi connectivity index (χ4n) is 3.18. The van der Waals surface area contributed by atoms with Crippen molar-refractivity contribution in [1.29, 1.82) is 0 Å². The highest BCUT2D eigenvalue weighted by atomic mass is 32.2. The average molecular weight is 307 g/mol. The summed E-state index contributed by atoms with van der Waals surface area (Å²) in [5, 5.41) is 13.9. The number of para-hydroxylation sites is 1. The lowest BCUT2D eigenvalue weighted by atomic mass is 9.96. The van der Waals surface area contributed by atoms with Crippen LogP contribution in [0.1, 0.15) is 37.8 Å². The minimum Gasteiger partial charge on any atom is -0.487 e. The molecule has 0 spiro atoms. The van der Waals surface area contributed by atoms with E-state index >= 15 is 0 Å². The van der Waals surface area contributed by atoms with Gasteiger partial charge in [0.05, 0.1) is 5.60 Å². The van der Waals surface area contributed by atoms with E-state index in [1.165, 1.54) is 11.1 Å². The van der Waals surface area contributed by atoms with Gasteiger partial charge in [-0.2, -0.15) is 11.8 Å². The molecule has 116 valence electrons. The molecule has 1 fully saturated rings. The Morgan fingerprint density at radius 3 is 2.81 bits per heavy atom. The lowest BCUT2D eigenvalue weighted by molar-refractivity contribution is 0.0319. The van der Waals surface area contributed by atoms with Gasteiger partial charge in [0.2, 0.25) is 0 Å². The van der Waals surface area contributed by atoms with E-state index < -0.39 is 5.60 Å². The molecule has 0 amide bonds. The molecule has 0 aliphatic carbocycles. The minimum absolute atomic E-state index is 0.1000. The summed E-state index contributed by atoms with van der Waals surface area (Å²) in [6, 6.07) is 6.38. The Hall–Kier alpha value is -0.710. The number of thioether (sulfide) groups is 1. The molecule has 0 unspecified atom stereocenters. The van der Waals surface area contributed by atoms with Crippen molar-refractivity contribution in [3.05, 3.63) is 29.3 Å². The third-order valence-corrected chi connectivity index (χ3v) is 5.35. The molecule has 0 bridgehead atoms. The molecular weight excluding hydrogens is 282 g/mol. The van der Waals surface area contributed by atoms with Crippen molar-refractivity contribution < 1.29 is 9.84 Å². The zero-order chi connectivity index (χ0) is 14.9. The maximum atomic E-state index is 10.5. The van der Waals surface area contributed by atoms with Crippen LogP contribution >= 0.6 is 11.8 Å². The first kappa shape index (κ1) is 15.2. The molecule has 4 heteroatoms. The molecule has 2 heterocycles. The largest absolute Gasteiger partial charge is 0.487 e. The van der Waals surface area contributed by atoms with E-state index in [-0.39, 0.29) is 5.60 Å². The second-order valence-electron chi connectivity index (χ2n) is 6.88. The number of hydrogen-bond acceptors (Lipinski definition) is 4. The highest BCUT2D eigenvalue weighted by molar-refractivity contribution is 7.99. The smallest absolute Gasteiger partial charge is 0.127 e. The zero-order valence-corrected chi connectivity index (χ0v) is 13.8. The summed E-state index contributed by atoms with van der Waals surface area (Å²) in [5.41, 5.74) is 1.87. The molecule has 0 atom stereocenters. The van der Waals surface area contributed by atoms with Crippen LogP contribution in [0.4, 0.5) is 0 Å². The first-order valence-corrected chi connectivity index (χ1v) is 8.94. The van der Waals surface area contributed by atoms with Gasteiger partial charge in [-0.3, -0.25) is 0 Å². The molecule has 2 N–H and O–H groups in total. The monoisotopic (exact) mass is 307 g/mol. The number of nitrogens with one attached hydrogen (secondary N) is 1. The van der Waals surface area contributed by atoms with Crippen LogP contribution in [0.2, 0.25) is 0 Å². The quantitative estimate of drug-likeness (QED) is 0.897. The van der Waals surface area contributed by atoms with Crippen molar-refractivity contribution in [2.24, 2.45) is 0 Å². The van der Waals surface area contributed by atoms with E-state index in [1.54, 1.807) is 0 Å². The van der Waals surface area contributed by atoms with Gasteiger partial charge in [0.15, 0.2) is 0 Å². The molecule has 1 aromatic rings. The van der Waals surface area contributed by atoms with Crippen LogP contribution in [0.15, 0.2) is 18.2 Å². The summed E-state index contributed by atoms with van der Waals surface area (Å²) in [6.07, 6.45) is 2.75. The predicted molar refractivity (Wildman–Crippen MR) is 88.1 cm³/mol. The zero-order valence-electron chi connectivity index (χ0n) is 12.9. The first-order valence-electron chi connectivity index (χ1n) is 7.78. The molecule has 2 aliphatic rings. The number of fused-ring (bicyclic) bond motifs is 1. The van der Waals surface area contributed by atoms with Gasteiger partial charge in [-0.05, 0) is 43.8 Å². The normalized spacial score (nSPS) is 22.6. The average Bonchev–Trinajstić information content (AvgIpc) is 2.74. The Morgan fingerprint density at radius 2 is 2.05 bits per heavy atom. The molecule has 0 saturated carbocycles. The van der Waals surface area contributed by atoms with E-state index in [0.717, 1.165) is 43.1 Å². The molecule has 21 heavy (non-hydrogen) atoms. The summed E-state index contributed by atoms with van der Waals surface area (Å²) in [5.74, 6) is 3.17. The summed E-state index contributed by atoms with van der Waals surface area (Å²) in [7, 11) is 0. The van der Waals surface area contributed by atoms with Crippen molar-refractivity contribution in [3.63, 3.8) is 0 Å². The number of rotatable bonds is 4. The first-order chi connectivity index (χ1) is 9.98. The van der Waals surface area contributed by atoms with Gasteiger partial charge in [0, 0.05) is 25.1 Å². The summed E-state index contributed by atoms with van der Waals surface area (Å²) >= 11 is 1.94. The standard InChI is InChI=1S/C17H25NO2S/c1-16(2)10-13-4-3-5-14(15(13)20-16)11-18-12-17(19)6-8-21-9-7-17/h3-5,18-19H,6-12H2,1-2H3. The highest BCUT2D eigenvalue weighted by Crippen LogP contribution is 2.37. The maximum absolute atomic E-state index is 10.5. The van der Waals surface area contributed by atoms with Crippen LogP contribution in [0, 0.1) is 0 Å². The van der Waals surface area contributed by atoms with E-state index in [0.29, 0.717) is 6.54 Å². The number of benzene rings is 1. The fourth-order valence-corrected chi connectivity index (χ4v) is 4.43. The Bertz CT molecular complexity index is 510. The summed E-state index contributed by atoms with van der Waals surface area (Å²) < 4.78 is 6.09. The Labute approximate surface area is 131 Å². The van der Waals surface area contributed by atoms with Gasteiger partial charge >= 0.3 is 0 Å². The van der Waals surface area contributed by atoms with Gasteiger partial charge in [0.25, 0.3) is 0 Å². The molecule has 0 radical (unpaired) electrons. The summed E-state index contributed by atoms with van der Waals surface area (Å²) in [4.78, 5) is 0. The van der Waals surface area contributed by atoms with Gasteiger partial charge in [-0.1, -0.05) is 18.2 Å². The molecule has 2 aliphatic heterocycles. The van der Waals surface area contributed by atoms with Crippen molar-refractivity contribution in [2.75, 3.05) is 18.1 Å². The lowest BCUT2D eigenvalue weighted by Gasteiger charge is -2.32. The van der Waals surface area contributed by atoms with E-state index in [1.807, 2.05) is 11.8 Å². The molecule has 3 nitrogen and oxygen atoms in total. The molecule has 3 rings (SSSR count). The highest BCUT2D eigenvalue weighted by Gasteiger charge is 2.32. The minimum atomic E-state index is -0.524. The van der Waals surface area contributed by atoms with Gasteiger partial charge in [0.1, 0.15) is 11.4 Å². The second kappa shape index (κ2) is 5.82. The SMILES string of the molecule is CC1(C)Cc2cccc(CNCC3(O)CCSCC3)c2O1. The fraction of sp³-hybridized carbons (Fsp3) is 0.647. The van der Waals surface area contributed by atoms with Crippen LogP contribution in [-0.4, -0.2) is 34.4 Å². The third kappa shape index (κ3) is 3.55. The van der Waals surface area contributed by atoms with E-state index in [9.17, 15) is 5.11 Å². The number of aliphatic hydroxyl groups is 1.